The topological polar surface area (TPSA) is 92.4 Å². The first-order chi connectivity index (χ1) is 10.1. The zero-order valence-electron chi connectivity index (χ0n) is 11.4. The third kappa shape index (κ3) is 4.07. The summed E-state index contributed by atoms with van der Waals surface area (Å²) in [6, 6.07) is 13.5. The molecule has 0 aliphatic heterocycles. The molecular formula is C16H16N2O3. The average molecular weight is 284 g/mol. The van der Waals surface area contributed by atoms with E-state index in [2.05, 4.69) is 5.32 Å². The zero-order chi connectivity index (χ0) is 15.2. The first-order valence-electron chi connectivity index (χ1n) is 6.53. The monoisotopic (exact) mass is 284 g/mol. The van der Waals surface area contributed by atoms with Crippen LogP contribution in [-0.4, -0.2) is 17.0 Å². The van der Waals surface area contributed by atoms with Crippen LogP contribution in [0.1, 0.15) is 22.3 Å². The number of amides is 1. The van der Waals surface area contributed by atoms with Gasteiger partial charge in [-0.1, -0.05) is 24.3 Å². The third-order valence-corrected chi connectivity index (χ3v) is 3.07. The molecule has 0 saturated carbocycles. The Morgan fingerprint density at radius 1 is 1.10 bits per heavy atom. The Balaban J connectivity index is 1.95. The number of carboxylic acid groups (broad SMARTS) is 1. The van der Waals surface area contributed by atoms with Crippen LogP contribution in [0.15, 0.2) is 48.5 Å². The third-order valence-electron chi connectivity index (χ3n) is 3.07. The molecule has 0 aliphatic rings. The number of carbonyl (C=O) groups is 2. The van der Waals surface area contributed by atoms with Crippen LogP contribution in [0, 0.1) is 0 Å². The van der Waals surface area contributed by atoms with Gasteiger partial charge in [0.25, 0.3) is 0 Å². The Bertz CT molecular complexity index is 668. The van der Waals surface area contributed by atoms with Gasteiger partial charge in [-0.3, -0.25) is 4.79 Å². The van der Waals surface area contributed by atoms with Crippen LogP contribution in [0.2, 0.25) is 0 Å². The van der Waals surface area contributed by atoms with Crippen molar-refractivity contribution in [3.63, 3.8) is 0 Å². The first-order valence-corrected chi connectivity index (χ1v) is 6.53. The molecule has 0 bridgehead atoms. The number of carbonyl (C=O) groups excluding carboxylic acids is 1. The highest BCUT2D eigenvalue weighted by molar-refractivity contribution is 5.94. The van der Waals surface area contributed by atoms with E-state index in [1.54, 1.807) is 18.2 Å². The molecule has 21 heavy (non-hydrogen) atoms. The summed E-state index contributed by atoms with van der Waals surface area (Å²) < 4.78 is 0. The maximum absolute atomic E-state index is 11.9. The Morgan fingerprint density at radius 2 is 1.86 bits per heavy atom. The number of nitrogens with two attached hydrogens (primary N) is 1. The average Bonchev–Trinajstić information content (AvgIpc) is 2.46. The van der Waals surface area contributed by atoms with E-state index in [-0.39, 0.29) is 17.9 Å². The summed E-state index contributed by atoms with van der Waals surface area (Å²) in [7, 11) is 0. The number of carboxylic acids is 1. The van der Waals surface area contributed by atoms with Crippen molar-refractivity contribution in [2.24, 2.45) is 0 Å². The molecule has 2 rings (SSSR count). The van der Waals surface area contributed by atoms with Crippen molar-refractivity contribution in [3.05, 3.63) is 59.7 Å². The maximum Gasteiger partial charge on any atom is 0.335 e. The smallest absolute Gasteiger partial charge is 0.335 e. The molecule has 0 atom stereocenters. The van der Waals surface area contributed by atoms with Gasteiger partial charge in [0.15, 0.2) is 0 Å². The highest BCUT2D eigenvalue weighted by atomic mass is 16.4. The van der Waals surface area contributed by atoms with Crippen LogP contribution in [0.5, 0.6) is 0 Å². The summed E-state index contributed by atoms with van der Waals surface area (Å²) >= 11 is 0. The molecule has 2 aromatic carbocycles. The normalized spacial score (nSPS) is 10.1. The lowest BCUT2D eigenvalue weighted by atomic mass is 10.1. The van der Waals surface area contributed by atoms with Gasteiger partial charge >= 0.3 is 5.97 Å². The lowest BCUT2D eigenvalue weighted by Gasteiger charge is -2.07. The van der Waals surface area contributed by atoms with Crippen LogP contribution in [0.25, 0.3) is 0 Å². The highest BCUT2D eigenvalue weighted by Gasteiger charge is 2.07. The molecule has 0 fully saturated rings. The van der Waals surface area contributed by atoms with Crippen LogP contribution < -0.4 is 11.1 Å². The predicted molar refractivity (Wildman–Crippen MR) is 81.2 cm³/mol. The van der Waals surface area contributed by atoms with Gasteiger partial charge in [0.1, 0.15) is 0 Å². The van der Waals surface area contributed by atoms with Gasteiger partial charge in [-0.25, -0.2) is 4.79 Å². The SMILES string of the molecule is Nc1ccccc1CCC(=O)Nc1cccc(C(=O)O)c1. The zero-order valence-corrected chi connectivity index (χ0v) is 11.4. The number of para-hydroxylation sites is 1. The number of hydrogen-bond acceptors (Lipinski definition) is 3. The van der Waals surface area contributed by atoms with Gasteiger partial charge in [-0.2, -0.15) is 0 Å². The largest absolute Gasteiger partial charge is 0.478 e. The summed E-state index contributed by atoms with van der Waals surface area (Å²) in [6.45, 7) is 0. The second kappa shape index (κ2) is 6.56. The van der Waals surface area contributed by atoms with Gasteiger partial charge in [0.05, 0.1) is 5.56 Å². The molecule has 5 nitrogen and oxygen atoms in total. The Kier molecular flexibility index (Phi) is 4.56. The minimum atomic E-state index is -1.02. The number of nitrogens with one attached hydrogen (secondary N) is 1. The fourth-order valence-corrected chi connectivity index (χ4v) is 1.96. The predicted octanol–water partition coefficient (Wildman–Crippen LogP) is 2.54. The molecule has 1 amide bonds. The lowest BCUT2D eigenvalue weighted by molar-refractivity contribution is -0.116. The number of rotatable bonds is 5. The van der Waals surface area contributed by atoms with E-state index in [1.807, 2.05) is 18.2 Å². The summed E-state index contributed by atoms with van der Waals surface area (Å²) in [5.41, 5.74) is 8.02. The fraction of sp³-hybridized carbons (Fsp3) is 0.125. The summed E-state index contributed by atoms with van der Waals surface area (Å²) in [5, 5.41) is 11.6. The van der Waals surface area contributed by atoms with Crippen molar-refractivity contribution in [1.29, 1.82) is 0 Å². The van der Waals surface area contributed by atoms with E-state index in [4.69, 9.17) is 10.8 Å². The quantitative estimate of drug-likeness (QED) is 0.736. The van der Waals surface area contributed by atoms with Crippen molar-refractivity contribution in [3.8, 4) is 0 Å². The molecule has 0 unspecified atom stereocenters. The minimum Gasteiger partial charge on any atom is -0.478 e. The van der Waals surface area contributed by atoms with E-state index in [9.17, 15) is 9.59 Å². The lowest BCUT2D eigenvalue weighted by Crippen LogP contribution is -2.13. The van der Waals surface area contributed by atoms with Crippen molar-refractivity contribution in [2.45, 2.75) is 12.8 Å². The molecule has 0 aliphatic carbocycles. The Labute approximate surface area is 122 Å². The summed E-state index contributed by atoms with van der Waals surface area (Å²) in [5.74, 6) is -1.20. The van der Waals surface area contributed by atoms with Crippen LogP contribution >= 0.6 is 0 Å². The molecule has 2 aromatic rings. The van der Waals surface area contributed by atoms with Crippen molar-refractivity contribution >= 4 is 23.3 Å². The number of benzene rings is 2. The Hall–Kier alpha value is -2.82. The van der Waals surface area contributed by atoms with Gasteiger partial charge in [0.2, 0.25) is 5.91 Å². The molecule has 5 heteroatoms. The number of aryl methyl sites for hydroxylation is 1. The van der Waals surface area contributed by atoms with E-state index in [0.29, 0.717) is 17.8 Å². The van der Waals surface area contributed by atoms with E-state index < -0.39 is 5.97 Å². The molecular weight excluding hydrogens is 268 g/mol. The molecule has 0 saturated heterocycles. The standard InChI is InChI=1S/C16H16N2O3/c17-14-7-2-1-4-11(14)8-9-15(19)18-13-6-3-5-12(10-13)16(20)21/h1-7,10H,8-9,17H2,(H,18,19)(H,20,21). The number of nitrogen functional groups attached to an aromatic ring is 1. The van der Waals surface area contributed by atoms with Gasteiger partial charge in [0, 0.05) is 17.8 Å². The summed E-state index contributed by atoms with van der Waals surface area (Å²) in [4.78, 5) is 22.7. The van der Waals surface area contributed by atoms with Crippen LogP contribution in [-0.2, 0) is 11.2 Å². The first kappa shape index (κ1) is 14.6. The molecule has 0 heterocycles. The van der Waals surface area contributed by atoms with Crippen molar-refractivity contribution in [2.75, 3.05) is 11.1 Å². The second-order valence-corrected chi connectivity index (χ2v) is 4.63. The number of hydrogen-bond donors (Lipinski definition) is 3. The van der Waals surface area contributed by atoms with E-state index in [0.717, 1.165) is 5.56 Å². The molecule has 0 radical (unpaired) electrons. The van der Waals surface area contributed by atoms with Crippen molar-refractivity contribution < 1.29 is 14.7 Å². The van der Waals surface area contributed by atoms with Gasteiger partial charge in [-0.15, -0.1) is 0 Å². The molecule has 0 aromatic heterocycles. The van der Waals surface area contributed by atoms with E-state index >= 15 is 0 Å². The second-order valence-electron chi connectivity index (χ2n) is 4.63. The van der Waals surface area contributed by atoms with E-state index in [1.165, 1.54) is 12.1 Å². The van der Waals surface area contributed by atoms with Crippen LogP contribution in [0.4, 0.5) is 11.4 Å². The summed E-state index contributed by atoms with van der Waals surface area (Å²) in [6.07, 6.45) is 0.822. The molecule has 4 N–H and O–H groups in total. The molecule has 108 valence electrons. The van der Waals surface area contributed by atoms with Gasteiger partial charge in [-0.05, 0) is 36.2 Å². The maximum atomic E-state index is 11.9. The fourth-order valence-electron chi connectivity index (χ4n) is 1.96. The van der Waals surface area contributed by atoms with Crippen molar-refractivity contribution in [1.82, 2.24) is 0 Å². The Morgan fingerprint density at radius 3 is 2.57 bits per heavy atom. The minimum absolute atomic E-state index is 0.139. The van der Waals surface area contributed by atoms with Crippen LogP contribution in [0.3, 0.4) is 0 Å². The highest BCUT2D eigenvalue weighted by Crippen LogP contribution is 2.14. The number of anilines is 2. The van der Waals surface area contributed by atoms with Gasteiger partial charge < -0.3 is 16.2 Å². The molecule has 0 spiro atoms. The number of aromatic carboxylic acids is 1.